The van der Waals surface area contributed by atoms with Crippen LogP contribution in [0.15, 0.2) is 60.7 Å². The van der Waals surface area contributed by atoms with E-state index >= 15 is 0 Å². The van der Waals surface area contributed by atoms with Gasteiger partial charge in [-0.2, -0.15) is 0 Å². The van der Waals surface area contributed by atoms with E-state index in [-0.39, 0.29) is 35.2 Å². The molecule has 38 heavy (non-hydrogen) atoms. The van der Waals surface area contributed by atoms with Crippen molar-refractivity contribution in [3.63, 3.8) is 0 Å². The van der Waals surface area contributed by atoms with E-state index in [0.717, 1.165) is 48.2 Å². The quantitative estimate of drug-likeness (QED) is 0.207. The van der Waals surface area contributed by atoms with Crippen molar-refractivity contribution in [3.8, 4) is 0 Å². The van der Waals surface area contributed by atoms with Gasteiger partial charge < -0.3 is 32.4 Å². The van der Waals surface area contributed by atoms with E-state index in [9.17, 15) is 14.0 Å². The van der Waals surface area contributed by atoms with E-state index < -0.39 is 11.7 Å². The van der Waals surface area contributed by atoms with Crippen LogP contribution in [0, 0.1) is 5.82 Å². The Bertz CT molecular complexity index is 1470. The van der Waals surface area contributed by atoms with Crippen molar-refractivity contribution >= 4 is 40.0 Å². The van der Waals surface area contributed by atoms with Crippen LogP contribution in [0.25, 0.3) is 10.9 Å². The third-order valence-electron chi connectivity index (χ3n) is 6.81. The summed E-state index contributed by atoms with van der Waals surface area (Å²) in [6, 6.07) is 17.6. The van der Waals surface area contributed by atoms with Crippen molar-refractivity contribution in [1.82, 2.24) is 15.3 Å². The summed E-state index contributed by atoms with van der Waals surface area (Å²) < 4.78 is 14.8. The average molecular weight is 516 g/mol. The van der Waals surface area contributed by atoms with E-state index in [1.807, 2.05) is 30.3 Å². The Labute approximate surface area is 219 Å². The number of benzene rings is 2. The zero-order valence-electron chi connectivity index (χ0n) is 20.8. The lowest BCUT2D eigenvalue weighted by Gasteiger charge is -2.30. The number of hydrogen-bond donors (Lipinski definition) is 6. The van der Waals surface area contributed by atoms with Gasteiger partial charge in [0.05, 0.1) is 5.56 Å². The molecule has 0 saturated heterocycles. The molecule has 1 aliphatic carbocycles. The molecule has 2 heterocycles. The Morgan fingerprint density at radius 3 is 2.58 bits per heavy atom. The Morgan fingerprint density at radius 1 is 1.03 bits per heavy atom. The minimum Gasteiger partial charge on any atom is -0.365 e. The summed E-state index contributed by atoms with van der Waals surface area (Å²) in [7, 11) is 0. The van der Waals surface area contributed by atoms with Gasteiger partial charge >= 0.3 is 0 Å². The summed E-state index contributed by atoms with van der Waals surface area (Å²) in [5.74, 6) is -1.57. The number of nitrogens with two attached hydrogens (primary N) is 2. The van der Waals surface area contributed by atoms with Gasteiger partial charge in [0.15, 0.2) is 11.6 Å². The lowest BCUT2D eigenvalue weighted by molar-refractivity contribution is 0.0945. The summed E-state index contributed by atoms with van der Waals surface area (Å²) >= 11 is 0. The molecule has 10 heteroatoms. The van der Waals surface area contributed by atoms with Crippen molar-refractivity contribution < 1.29 is 14.0 Å². The van der Waals surface area contributed by atoms with Gasteiger partial charge in [0, 0.05) is 35.2 Å². The van der Waals surface area contributed by atoms with Crippen molar-refractivity contribution in [2.75, 3.05) is 10.6 Å². The van der Waals surface area contributed by atoms with Crippen LogP contribution in [0.5, 0.6) is 0 Å². The van der Waals surface area contributed by atoms with E-state index in [1.165, 1.54) is 0 Å². The number of halogens is 1. The van der Waals surface area contributed by atoms with Crippen molar-refractivity contribution in [3.05, 3.63) is 83.3 Å². The smallest absolute Gasteiger partial charge is 0.267 e. The first kappa shape index (κ1) is 25.2. The van der Waals surface area contributed by atoms with Gasteiger partial charge in [-0.15, -0.1) is 0 Å². The van der Waals surface area contributed by atoms with Crippen molar-refractivity contribution in [1.29, 1.82) is 0 Å². The highest BCUT2D eigenvalue weighted by Crippen LogP contribution is 2.28. The Balaban J connectivity index is 1.36. The number of nitrogens with zero attached hydrogens (tertiary/aromatic N) is 1. The number of aromatic nitrogens is 2. The zero-order chi connectivity index (χ0) is 26.6. The Kier molecular flexibility index (Phi) is 7.23. The number of anilines is 3. The number of amides is 2. The molecule has 1 aliphatic rings. The highest BCUT2D eigenvalue weighted by atomic mass is 19.1. The van der Waals surface area contributed by atoms with Crippen LogP contribution < -0.4 is 27.4 Å². The first-order chi connectivity index (χ1) is 18.4. The molecule has 1 saturated carbocycles. The summed E-state index contributed by atoms with van der Waals surface area (Å²) in [4.78, 5) is 32.2. The number of aromatic amines is 1. The predicted octanol–water partition coefficient (Wildman–Crippen LogP) is 4.16. The molecule has 2 aromatic carbocycles. The van der Waals surface area contributed by atoms with Crippen molar-refractivity contribution in [2.24, 2.45) is 11.5 Å². The van der Waals surface area contributed by atoms with E-state index in [2.05, 4.69) is 25.9 Å². The molecular weight excluding hydrogens is 485 g/mol. The Morgan fingerprint density at radius 2 is 1.82 bits per heavy atom. The minimum atomic E-state index is -0.806. The van der Waals surface area contributed by atoms with E-state index in [4.69, 9.17) is 11.5 Å². The van der Waals surface area contributed by atoms with Gasteiger partial charge in [-0.3, -0.25) is 9.59 Å². The third kappa shape index (κ3) is 5.60. The molecule has 2 amide bonds. The maximum atomic E-state index is 14.8. The van der Waals surface area contributed by atoms with Gasteiger partial charge in [0.25, 0.3) is 11.8 Å². The maximum Gasteiger partial charge on any atom is 0.267 e. The monoisotopic (exact) mass is 515 g/mol. The van der Waals surface area contributed by atoms with Gasteiger partial charge in [-0.1, -0.05) is 43.2 Å². The fraction of sp³-hybridized carbons (Fsp3) is 0.250. The van der Waals surface area contributed by atoms with Crippen LogP contribution in [-0.4, -0.2) is 33.9 Å². The minimum absolute atomic E-state index is 0.0138. The largest absolute Gasteiger partial charge is 0.365 e. The molecule has 5 rings (SSSR count). The number of pyridine rings is 1. The first-order valence-corrected chi connectivity index (χ1v) is 12.6. The average Bonchev–Trinajstić information content (AvgIpc) is 3.34. The van der Waals surface area contributed by atoms with Crippen LogP contribution in [-0.2, 0) is 6.54 Å². The number of carbonyl (C=O) groups excluding carboxylic acids is 2. The SMILES string of the molecule is NC(=O)c1cc(F)c(NC2CCCC[C@@H]2N)nc1Nc1ccc2[nH]c(C(=O)NCc3ccccc3)cc2c1. The van der Waals surface area contributed by atoms with Crippen LogP contribution in [0.2, 0.25) is 0 Å². The maximum absolute atomic E-state index is 14.8. The fourth-order valence-electron chi connectivity index (χ4n) is 4.73. The molecular formula is C28H30FN7O2. The normalized spacial score (nSPS) is 17.2. The molecule has 0 aliphatic heterocycles. The second-order valence-corrected chi connectivity index (χ2v) is 9.56. The molecule has 196 valence electrons. The molecule has 2 aromatic heterocycles. The van der Waals surface area contributed by atoms with Crippen LogP contribution in [0.1, 0.15) is 52.1 Å². The van der Waals surface area contributed by atoms with Gasteiger partial charge in [0.2, 0.25) is 0 Å². The second-order valence-electron chi connectivity index (χ2n) is 9.56. The van der Waals surface area contributed by atoms with Crippen LogP contribution >= 0.6 is 0 Å². The van der Waals surface area contributed by atoms with Crippen LogP contribution in [0.4, 0.5) is 21.7 Å². The van der Waals surface area contributed by atoms with Gasteiger partial charge in [0.1, 0.15) is 11.5 Å². The molecule has 0 radical (unpaired) electrons. The number of carbonyl (C=O) groups is 2. The molecule has 0 bridgehead atoms. The predicted molar refractivity (Wildman–Crippen MR) is 146 cm³/mol. The summed E-state index contributed by atoms with van der Waals surface area (Å²) in [6.45, 7) is 0.413. The van der Waals surface area contributed by atoms with E-state index in [1.54, 1.807) is 24.3 Å². The number of H-pyrrole nitrogens is 1. The highest BCUT2D eigenvalue weighted by Gasteiger charge is 2.24. The molecule has 0 spiro atoms. The zero-order valence-corrected chi connectivity index (χ0v) is 20.8. The third-order valence-corrected chi connectivity index (χ3v) is 6.81. The summed E-state index contributed by atoms with van der Waals surface area (Å²) in [5.41, 5.74) is 14.4. The highest BCUT2D eigenvalue weighted by molar-refractivity contribution is 6.00. The molecule has 8 N–H and O–H groups in total. The van der Waals surface area contributed by atoms with Gasteiger partial charge in [-0.25, -0.2) is 9.37 Å². The lowest BCUT2D eigenvalue weighted by atomic mass is 9.91. The Hall–Kier alpha value is -4.44. The van der Waals surface area contributed by atoms with Crippen molar-refractivity contribution in [2.45, 2.75) is 44.3 Å². The second kappa shape index (κ2) is 10.9. The molecule has 1 unspecified atom stereocenters. The molecule has 1 fully saturated rings. The number of hydrogen-bond acceptors (Lipinski definition) is 6. The molecule has 4 aromatic rings. The van der Waals surface area contributed by atoms with Gasteiger partial charge in [-0.05, 0) is 48.7 Å². The van der Waals surface area contributed by atoms with Crippen LogP contribution in [0.3, 0.4) is 0 Å². The molecule has 2 atom stereocenters. The fourth-order valence-corrected chi connectivity index (χ4v) is 4.73. The number of rotatable bonds is 8. The topological polar surface area (TPSA) is 151 Å². The number of fused-ring (bicyclic) bond motifs is 1. The molecule has 9 nitrogen and oxygen atoms in total. The summed E-state index contributed by atoms with van der Waals surface area (Å²) in [6.07, 6.45) is 3.71. The first-order valence-electron chi connectivity index (χ1n) is 12.6. The number of nitrogens with one attached hydrogen (secondary N) is 4. The summed E-state index contributed by atoms with van der Waals surface area (Å²) in [5, 5.41) is 9.86. The number of primary amides is 1. The standard InChI is InChI=1S/C28H30FN7O2/c29-20-14-19(25(31)37)26(36-27(20)35-23-9-5-4-8-21(23)30)33-18-10-11-22-17(12-18)13-24(34-22)28(38)32-15-16-6-2-1-3-7-16/h1-3,6-7,10-14,21,23,34H,4-5,8-9,15,30H2,(H2,31,37)(H,32,38)(H2,33,35,36)/t21-,23?/m0/s1. The lowest BCUT2D eigenvalue weighted by Crippen LogP contribution is -2.43. The van der Waals surface area contributed by atoms with E-state index in [0.29, 0.717) is 17.9 Å².